The van der Waals surface area contributed by atoms with Gasteiger partial charge in [-0.05, 0) is 6.92 Å². The molecule has 0 bridgehead atoms. The molecule has 1 aromatic heterocycles. The number of carboxylic acids is 1. The summed E-state index contributed by atoms with van der Waals surface area (Å²) in [7, 11) is 0. The van der Waals surface area contributed by atoms with Crippen molar-refractivity contribution in [2.75, 3.05) is 0 Å². The van der Waals surface area contributed by atoms with Crippen LogP contribution in [-0.4, -0.2) is 20.6 Å². The highest BCUT2D eigenvalue weighted by molar-refractivity contribution is 6.30. The van der Waals surface area contributed by atoms with E-state index in [0.717, 1.165) is 10.8 Å². The lowest BCUT2D eigenvalue weighted by atomic mass is 10.3. The first-order valence-corrected chi connectivity index (χ1v) is 4.05. The number of halogens is 1. The molecule has 0 aromatic carbocycles. The first-order valence-electron chi connectivity index (χ1n) is 3.67. The molecule has 6 nitrogen and oxygen atoms in total. The Morgan fingerprint density at radius 1 is 1.64 bits per heavy atom. The highest BCUT2D eigenvalue weighted by atomic mass is 35.5. The third kappa shape index (κ3) is 1.85. The molecule has 1 aromatic rings. The van der Waals surface area contributed by atoms with Gasteiger partial charge >= 0.3 is 11.7 Å². The summed E-state index contributed by atoms with van der Waals surface area (Å²) in [6.07, 6.45) is 1.00. The lowest BCUT2D eigenvalue weighted by molar-refractivity contribution is -0.140. The van der Waals surface area contributed by atoms with Crippen molar-refractivity contribution in [2.24, 2.45) is 0 Å². The normalized spacial score (nSPS) is 12.4. The number of aliphatic carboxylic acids is 1. The SMILES string of the molecule is C[C@@H](C(=O)O)n1cc(Cl)c(=O)[nH]c1=O. The fourth-order valence-electron chi connectivity index (χ4n) is 0.867. The summed E-state index contributed by atoms with van der Waals surface area (Å²) in [5, 5.41) is 8.40. The molecular weight excluding hydrogens is 212 g/mol. The van der Waals surface area contributed by atoms with Crippen LogP contribution in [0.4, 0.5) is 0 Å². The fourth-order valence-corrected chi connectivity index (χ4v) is 1.02. The molecule has 2 N–H and O–H groups in total. The van der Waals surface area contributed by atoms with Crippen LogP contribution in [0, 0.1) is 0 Å². The van der Waals surface area contributed by atoms with Gasteiger partial charge in [0.15, 0.2) is 0 Å². The molecule has 0 radical (unpaired) electrons. The first kappa shape index (κ1) is 10.5. The van der Waals surface area contributed by atoms with Crippen molar-refractivity contribution in [2.45, 2.75) is 13.0 Å². The number of rotatable bonds is 2. The van der Waals surface area contributed by atoms with Crippen molar-refractivity contribution in [1.82, 2.24) is 9.55 Å². The summed E-state index contributed by atoms with van der Waals surface area (Å²) >= 11 is 5.44. The van der Waals surface area contributed by atoms with Crippen molar-refractivity contribution in [3.05, 3.63) is 32.1 Å². The molecule has 76 valence electrons. The average Bonchev–Trinajstić information content (AvgIpc) is 2.10. The monoisotopic (exact) mass is 218 g/mol. The zero-order valence-corrected chi connectivity index (χ0v) is 7.91. The van der Waals surface area contributed by atoms with Crippen LogP contribution in [0.1, 0.15) is 13.0 Å². The van der Waals surface area contributed by atoms with Crippen LogP contribution in [-0.2, 0) is 4.79 Å². The highest BCUT2D eigenvalue weighted by Gasteiger charge is 2.15. The second kappa shape index (κ2) is 3.67. The summed E-state index contributed by atoms with van der Waals surface area (Å²) in [4.78, 5) is 34.4. The number of carboxylic acid groups (broad SMARTS) is 1. The van der Waals surface area contributed by atoms with E-state index in [1.165, 1.54) is 6.92 Å². The Balaban J connectivity index is 3.37. The number of aromatic amines is 1. The number of hydrogen-bond donors (Lipinski definition) is 2. The van der Waals surface area contributed by atoms with Crippen molar-refractivity contribution in [3.63, 3.8) is 0 Å². The second-order valence-corrected chi connectivity index (χ2v) is 3.06. The van der Waals surface area contributed by atoms with E-state index < -0.39 is 23.3 Å². The Bertz CT molecular complexity index is 475. The summed E-state index contributed by atoms with van der Waals surface area (Å²) in [6, 6.07) is -1.07. The third-order valence-electron chi connectivity index (χ3n) is 1.70. The molecule has 0 fully saturated rings. The van der Waals surface area contributed by atoms with Crippen molar-refractivity contribution < 1.29 is 9.90 Å². The van der Waals surface area contributed by atoms with Gasteiger partial charge < -0.3 is 5.11 Å². The van der Waals surface area contributed by atoms with E-state index in [1.54, 1.807) is 0 Å². The van der Waals surface area contributed by atoms with E-state index in [1.807, 2.05) is 4.98 Å². The van der Waals surface area contributed by atoms with Gasteiger partial charge in [0.25, 0.3) is 5.56 Å². The minimum absolute atomic E-state index is 0.224. The van der Waals surface area contributed by atoms with Gasteiger partial charge in [-0.2, -0.15) is 0 Å². The van der Waals surface area contributed by atoms with E-state index in [0.29, 0.717) is 0 Å². The van der Waals surface area contributed by atoms with Crippen molar-refractivity contribution >= 4 is 17.6 Å². The van der Waals surface area contributed by atoms with Gasteiger partial charge in [-0.25, -0.2) is 9.59 Å². The molecule has 0 saturated carbocycles. The van der Waals surface area contributed by atoms with E-state index in [2.05, 4.69) is 0 Å². The maximum Gasteiger partial charge on any atom is 0.329 e. The van der Waals surface area contributed by atoms with Gasteiger partial charge in [-0.3, -0.25) is 14.3 Å². The molecule has 1 atom stereocenters. The zero-order chi connectivity index (χ0) is 10.9. The molecular formula is C7H7ClN2O4. The summed E-state index contributed by atoms with van der Waals surface area (Å²) in [5.41, 5.74) is -1.53. The first-order chi connectivity index (χ1) is 6.43. The topological polar surface area (TPSA) is 92.2 Å². The number of aromatic nitrogens is 2. The Morgan fingerprint density at radius 2 is 2.21 bits per heavy atom. The number of H-pyrrole nitrogens is 1. The molecule has 0 aliphatic carbocycles. The van der Waals surface area contributed by atoms with Crippen LogP contribution in [0.3, 0.4) is 0 Å². The average molecular weight is 219 g/mol. The van der Waals surface area contributed by atoms with Crippen LogP contribution in [0.2, 0.25) is 5.02 Å². The maximum absolute atomic E-state index is 11.1. The van der Waals surface area contributed by atoms with Crippen LogP contribution in [0.5, 0.6) is 0 Å². The van der Waals surface area contributed by atoms with Gasteiger partial charge in [0.1, 0.15) is 11.1 Å². The van der Waals surface area contributed by atoms with Crippen LogP contribution in [0.25, 0.3) is 0 Å². The Morgan fingerprint density at radius 3 is 2.71 bits per heavy atom. The molecule has 0 saturated heterocycles. The van der Waals surface area contributed by atoms with Crippen LogP contribution >= 0.6 is 11.6 Å². The van der Waals surface area contributed by atoms with E-state index in [4.69, 9.17) is 16.7 Å². The number of carbonyl (C=O) groups is 1. The molecule has 1 heterocycles. The maximum atomic E-state index is 11.1. The van der Waals surface area contributed by atoms with E-state index in [9.17, 15) is 14.4 Å². The van der Waals surface area contributed by atoms with Gasteiger partial charge in [0.05, 0.1) is 0 Å². The lowest BCUT2D eigenvalue weighted by Gasteiger charge is -2.08. The number of hydrogen-bond acceptors (Lipinski definition) is 3. The highest BCUT2D eigenvalue weighted by Crippen LogP contribution is 2.04. The smallest absolute Gasteiger partial charge is 0.329 e. The number of nitrogens with zero attached hydrogens (tertiary/aromatic N) is 1. The zero-order valence-electron chi connectivity index (χ0n) is 7.15. The van der Waals surface area contributed by atoms with Crippen molar-refractivity contribution in [3.8, 4) is 0 Å². The molecule has 1 rings (SSSR count). The van der Waals surface area contributed by atoms with Crippen LogP contribution in [0.15, 0.2) is 15.8 Å². The van der Waals surface area contributed by atoms with Crippen LogP contribution < -0.4 is 11.2 Å². The second-order valence-electron chi connectivity index (χ2n) is 2.66. The molecule has 7 heteroatoms. The van der Waals surface area contributed by atoms with E-state index >= 15 is 0 Å². The van der Waals surface area contributed by atoms with Gasteiger partial charge in [-0.15, -0.1) is 0 Å². The number of nitrogens with one attached hydrogen (secondary N) is 1. The molecule has 0 aliphatic heterocycles. The molecule has 14 heavy (non-hydrogen) atoms. The summed E-state index contributed by atoms with van der Waals surface area (Å²) in [5.74, 6) is -1.18. The largest absolute Gasteiger partial charge is 0.480 e. The van der Waals surface area contributed by atoms with E-state index in [-0.39, 0.29) is 5.02 Å². The fraction of sp³-hybridized carbons (Fsp3) is 0.286. The molecule has 0 aliphatic rings. The molecule has 0 amide bonds. The Kier molecular flexibility index (Phi) is 2.76. The minimum atomic E-state index is -1.18. The van der Waals surface area contributed by atoms with Gasteiger partial charge in [0, 0.05) is 6.20 Å². The molecule has 0 unspecified atom stereocenters. The van der Waals surface area contributed by atoms with Crippen molar-refractivity contribution in [1.29, 1.82) is 0 Å². The Labute approximate surface area is 82.8 Å². The predicted octanol–water partition coefficient (Wildman–Crippen LogP) is -0.164. The summed E-state index contributed by atoms with van der Waals surface area (Å²) < 4.78 is 0.839. The Hall–Kier alpha value is -1.56. The third-order valence-corrected chi connectivity index (χ3v) is 1.97. The standard InChI is InChI=1S/C7H7ClN2O4/c1-3(6(12)13)10-2-4(8)5(11)9-7(10)14/h2-3H,1H3,(H,12,13)(H,9,11,14)/t3-/m0/s1. The molecule has 0 spiro atoms. The van der Waals surface area contributed by atoms with Gasteiger partial charge in [0.2, 0.25) is 0 Å². The van der Waals surface area contributed by atoms with Gasteiger partial charge in [-0.1, -0.05) is 11.6 Å². The summed E-state index contributed by atoms with van der Waals surface area (Å²) in [6.45, 7) is 1.30. The minimum Gasteiger partial charge on any atom is -0.480 e. The lowest BCUT2D eigenvalue weighted by Crippen LogP contribution is -2.34. The quantitative estimate of drug-likeness (QED) is 0.721. The predicted molar refractivity (Wildman–Crippen MR) is 48.7 cm³/mol.